The van der Waals surface area contributed by atoms with Crippen LogP contribution in [0.4, 0.5) is 5.69 Å². The van der Waals surface area contributed by atoms with E-state index in [0.717, 1.165) is 12.0 Å². The first-order valence-corrected chi connectivity index (χ1v) is 9.10. The molecule has 0 N–H and O–H groups in total. The van der Waals surface area contributed by atoms with Gasteiger partial charge in [0.05, 0.1) is 11.4 Å². The lowest BCUT2D eigenvalue weighted by Crippen LogP contribution is -2.33. The summed E-state index contributed by atoms with van der Waals surface area (Å²) in [6.07, 6.45) is 1.36. The lowest BCUT2D eigenvalue weighted by atomic mass is 9.93. The zero-order valence-corrected chi connectivity index (χ0v) is 15.5. The fraction of sp³-hybridized carbons (Fsp3) is 0.273. The fourth-order valence-electron chi connectivity index (χ4n) is 3.22. The molecule has 27 heavy (non-hydrogen) atoms. The van der Waals surface area contributed by atoms with Crippen molar-refractivity contribution in [3.63, 3.8) is 0 Å². The molecule has 1 heterocycles. The predicted molar refractivity (Wildman–Crippen MR) is 105 cm³/mol. The van der Waals surface area contributed by atoms with E-state index in [9.17, 15) is 14.4 Å². The number of hydrogen-bond acceptors (Lipinski definition) is 4. The minimum Gasteiger partial charge on any atom is -0.298 e. The van der Waals surface area contributed by atoms with Gasteiger partial charge >= 0.3 is 0 Å². The normalized spacial score (nSPS) is 16.4. The number of ketones is 2. The highest BCUT2D eigenvalue weighted by Gasteiger charge is 2.39. The molecule has 3 rings (SSSR count). The SMILES string of the molecule is CCCC(=O)c1cccc(CC(=O)C2C(=O)N(c3ccccc3)N=C2C)c1. The van der Waals surface area contributed by atoms with Gasteiger partial charge in [-0.3, -0.25) is 14.4 Å². The van der Waals surface area contributed by atoms with Gasteiger partial charge in [-0.1, -0.05) is 43.3 Å². The second-order valence-corrected chi connectivity index (χ2v) is 6.68. The van der Waals surface area contributed by atoms with Crippen LogP contribution in [0, 0.1) is 5.92 Å². The number of Topliss-reactive ketones (excluding diaryl/α,β-unsaturated/α-hetero) is 2. The van der Waals surface area contributed by atoms with E-state index in [4.69, 9.17) is 0 Å². The fourth-order valence-corrected chi connectivity index (χ4v) is 3.22. The second-order valence-electron chi connectivity index (χ2n) is 6.68. The topological polar surface area (TPSA) is 66.8 Å². The van der Waals surface area contributed by atoms with Gasteiger partial charge in [-0.05, 0) is 37.1 Å². The maximum absolute atomic E-state index is 12.8. The monoisotopic (exact) mass is 362 g/mol. The number of rotatable bonds is 7. The van der Waals surface area contributed by atoms with Gasteiger partial charge in [-0.2, -0.15) is 10.1 Å². The molecule has 138 valence electrons. The highest BCUT2D eigenvalue weighted by Crippen LogP contribution is 2.25. The van der Waals surface area contributed by atoms with Crippen LogP contribution in [0.25, 0.3) is 0 Å². The van der Waals surface area contributed by atoms with Crippen LogP contribution in [0.1, 0.15) is 42.6 Å². The van der Waals surface area contributed by atoms with Crippen molar-refractivity contribution in [1.29, 1.82) is 0 Å². The molecule has 2 aromatic carbocycles. The summed E-state index contributed by atoms with van der Waals surface area (Å²) in [6, 6.07) is 16.2. The van der Waals surface area contributed by atoms with E-state index in [1.165, 1.54) is 5.01 Å². The number of carbonyl (C=O) groups excluding carboxylic acids is 3. The molecule has 0 aromatic heterocycles. The van der Waals surface area contributed by atoms with Gasteiger partial charge in [0.15, 0.2) is 11.6 Å². The molecular weight excluding hydrogens is 340 g/mol. The highest BCUT2D eigenvalue weighted by atomic mass is 16.2. The Kier molecular flexibility index (Phi) is 5.60. The summed E-state index contributed by atoms with van der Waals surface area (Å²) in [5.41, 5.74) is 2.48. The quantitative estimate of drug-likeness (QED) is 0.555. The molecule has 1 aliphatic heterocycles. The van der Waals surface area contributed by atoms with Gasteiger partial charge in [0.1, 0.15) is 5.92 Å². The van der Waals surface area contributed by atoms with Crippen molar-refractivity contribution in [3.05, 3.63) is 65.7 Å². The van der Waals surface area contributed by atoms with Crippen LogP contribution in [-0.2, 0) is 16.0 Å². The van der Waals surface area contributed by atoms with Gasteiger partial charge in [0.25, 0.3) is 5.91 Å². The third kappa shape index (κ3) is 4.03. The molecule has 0 fully saturated rings. The van der Waals surface area contributed by atoms with E-state index < -0.39 is 5.92 Å². The van der Waals surface area contributed by atoms with E-state index >= 15 is 0 Å². The van der Waals surface area contributed by atoms with E-state index in [0.29, 0.717) is 23.4 Å². The summed E-state index contributed by atoms with van der Waals surface area (Å²) in [6.45, 7) is 3.65. The van der Waals surface area contributed by atoms with Gasteiger partial charge in [-0.15, -0.1) is 0 Å². The van der Waals surface area contributed by atoms with Crippen LogP contribution in [0.15, 0.2) is 59.7 Å². The molecule has 5 nitrogen and oxygen atoms in total. The number of benzene rings is 2. The van der Waals surface area contributed by atoms with Crippen molar-refractivity contribution >= 4 is 28.9 Å². The number of nitrogens with zero attached hydrogens (tertiary/aromatic N) is 2. The number of amides is 1. The maximum Gasteiger partial charge on any atom is 0.263 e. The number of anilines is 1. The molecular formula is C22H22N2O3. The Morgan fingerprint density at radius 2 is 1.81 bits per heavy atom. The number of para-hydroxylation sites is 1. The van der Waals surface area contributed by atoms with Gasteiger partial charge in [0, 0.05) is 18.4 Å². The van der Waals surface area contributed by atoms with Crippen LogP contribution >= 0.6 is 0 Å². The molecule has 0 aliphatic carbocycles. The van der Waals surface area contributed by atoms with E-state index in [2.05, 4.69) is 5.10 Å². The van der Waals surface area contributed by atoms with Crippen LogP contribution in [0.2, 0.25) is 0 Å². The Labute approximate surface area is 158 Å². The average molecular weight is 362 g/mol. The second kappa shape index (κ2) is 8.08. The molecule has 0 radical (unpaired) electrons. The largest absolute Gasteiger partial charge is 0.298 e. The summed E-state index contributed by atoms with van der Waals surface area (Å²) < 4.78 is 0. The Balaban J connectivity index is 1.75. The Bertz CT molecular complexity index is 903. The standard InChI is InChI=1S/C22H22N2O3/c1-3-8-19(25)17-10-7-9-16(13-17)14-20(26)21-15(2)23-24(22(21)27)18-11-5-4-6-12-18/h4-7,9-13,21H,3,8,14H2,1-2H3. The number of hydrogen-bond donors (Lipinski definition) is 0. The van der Waals surface area contributed by atoms with Gasteiger partial charge < -0.3 is 0 Å². The van der Waals surface area contributed by atoms with Crippen LogP contribution < -0.4 is 5.01 Å². The van der Waals surface area contributed by atoms with Crippen molar-refractivity contribution < 1.29 is 14.4 Å². The van der Waals surface area contributed by atoms with Crippen LogP contribution in [-0.4, -0.2) is 23.2 Å². The van der Waals surface area contributed by atoms with Gasteiger partial charge in [-0.25, -0.2) is 0 Å². The lowest BCUT2D eigenvalue weighted by molar-refractivity contribution is -0.128. The predicted octanol–water partition coefficient (Wildman–Crippen LogP) is 3.82. The molecule has 1 atom stereocenters. The first-order chi connectivity index (χ1) is 13.0. The molecule has 0 saturated heterocycles. The third-order valence-electron chi connectivity index (χ3n) is 4.56. The Morgan fingerprint density at radius 3 is 2.52 bits per heavy atom. The first kappa shape index (κ1) is 18.7. The Hall–Kier alpha value is -3.08. The van der Waals surface area contributed by atoms with E-state index in [-0.39, 0.29) is 23.9 Å². The first-order valence-electron chi connectivity index (χ1n) is 9.10. The smallest absolute Gasteiger partial charge is 0.263 e. The van der Waals surface area contributed by atoms with Crippen molar-refractivity contribution in [2.75, 3.05) is 5.01 Å². The summed E-state index contributed by atoms with van der Waals surface area (Å²) in [4.78, 5) is 37.6. The van der Waals surface area contributed by atoms with E-state index in [1.54, 1.807) is 37.3 Å². The highest BCUT2D eigenvalue weighted by molar-refractivity contribution is 6.27. The molecule has 5 heteroatoms. The van der Waals surface area contributed by atoms with E-state index in [1.807, 2.05) is 31.2 Å². The lowest BCUT2D eigenvalue weighted by Gasteiger charge is -2.14. The van der Waals surface area contributed by atoms with Crippen LogP contribution in [0.5, 0.6) is 0 Å². The summed E-state index contributed by atoms with van der Waals surface area (Å²) in [7, 11) is 0. The molecule has 0 spiro atoms. The van der Waals surface area contributed by atoms with Crippen LogP contribution in [0.3, 0.4) is 0 Å². The molecule has 0 bridgehead atoms. The van der Waals surface area contributed by atoms with Crippen molar-refractivity contribution in [2.24, 2.45) is 11.0 Å². The van der Waals surface area contributed by atoms with Crippen molar-refractivity contribution in [3.8, 4) is 0 Å². The molecule has 1 unspecified atom stereocenters. The zero-order valence-electron chi connectivity index (χ0n) is 15.5. The zero-order chi connectivity index (χ0) is 19.4. The molecule has 1 aliphatic rings. The minimum atomic E-state index is -0.875. The third-order valence-corrected chi connectivity index (χ3v) is 4.56. The number of carbonyl (C=O) groups is 3. The van der Waals surface area contributed by atoms with Crippen molar-refractivity contribution in [2.45, 2.75) is 33.1 Å². The Morgan fingerprint density at radius 1 is 1.07 bits per heavy atom. The summed E-state index contributed by atoms with van der Waals surface area (Å²) in [5.74, 6) is -1.35. The maximum atomic E-state index is 12.8. The minimum absolute atomic E-state index is 0.0664. The molecule has 2 aromatic rings. The van der Waals surface area contributed by atoms with Gasteiger partial charge in [0.2, 0.25) is 0 Å². The number of hydrazone groups is 1. The molecule has 1 amide bonds. The summed E-state index contributed by atoms with van der Waals surface area (Å²) in [5, 5.41) is 5.57. The van der Waals surface area contributed by atoms with Crippen molar-refractivity contribution in [1.82, 2.24) is 0 Å². The summed E-state index contributed by atoms with van der Waals surface area (Å²) >= 11 is 0. The molecule has 0 saturated carbocycles. The average Bonchev–Trinajstić information content (AvgIpc) is 2.97.